The van der Waals surface area contributed by atoms with Crippen molar-refractivity contribution in [3.05, 3.63) is 59.2 Å². The number of benzene rings is 2. The number of anilines is 1. The van der Waals surface area contributed by atoms with Gasteiger partial charge in [0.15, 0.2) is 11.6 Å². The molecule has 0 saturated heterocycles. The molecule has 0 heterocycles. The number of halogens is 2. The summed E-state index contributed by atoms with van der Waals surface area (Å²) in [5.41, 5.74) is 6.53. The van der Waals surface area contributed by atoms with Gasteiger partial charge < -0.3 is 15.2 Å². The SMILES string of the molecule is COC(=O)c1c(N)cccc1COc1cc(F)ccc1F. The number of methoxy groups -OCH3 is 1. The van der Waals surface area contributed by atoms with Gasteiger partial charge in [0.2, 0.25) is 0 Å². The molecule has 0 aromatic heterocycles. The second-order valence-electron chi connectivity index (χ2n) is 4.24. The molecule has 4 nitrogen and oxygen atoms in total. The molecule has 0 aliphatic rings. The molecule has 0 aliphatic heterocycles. The average Bonchev–Trinajstić information content (AvgIpc) is 2.47. The summed E-state index contributed by atoms with van der Waals surface area (Å²) in [6.45, 7) is -0.143. The monoisotopic (exact) mass is 293 g/mol. The lowest BCUT2D eigenvalue weighted by Crippen LogP contribution is -2.11. The Labute approximate surface area is 120 Å². The maximum atomic E-state index is 13.5. The Kier molecular flexibility index (Phi) is 4.37. The van der Waals surface area contributed by atoms with Crippen molar-refractivity contribution in [1.82, 2.24) is 0 Å². The largest absolute Gasteiger partial charge is 0.486 e. The number of hydrogen-bond acceptors (Lipinski definition) is 4. The van der Waals surface area contributed by atoms with E-state index in [2.05, 4.69) is 4.74 Å². The molecule has 0 spiro atoms. The Bertz CT molecular complexity index is 674. The van der Waals surface area contributed by atoms with Crippen molar-refractivity contribution < 1.29 is 23.0 Å². The van der Waals surface area contributed by atoms with Crippen LogP contribution in [0, 0.1) is 11.6 Å². The first-order chi connectivity index (χ1) is 10.0. The Balaban J connectivity index is 2.26. The topological polar surface area (TPSA) is 61.5 Å². The van der Waals surface area contributed by atoms with E-state index in [-0.39, 0.29) is 23.6 Å². The van der Waals surface area contributed by atoms with Crippen LogP contribution in [0.1, 0.15) is 15.9 Å². The van der Waals surface area contributed by atoms with Crippen molar-refractivity contribution in [3.63, 3.8) is 0 Å². The molecule has 0 bridgehead atoms. The van der Waals surface area contributed by atoms with Crippen LogP contribution in [0.4, 0.5) is 14.5 Å². The third-order valence-corrected chi connectivity index (χ3v) is 2.85. The maximum Gasteiger partial charge on any atom is 0.340 e. The fourth-order valence-corrected chi connectivity index (χ4v) is 1.83. The van der Waals surface area contributed by atoms with Crippen LogP contribution in [-0.2, 0) is 11.3 Å². The number of hydrogen-bond donors (Lipinski definition) is 1. The van der Waals surface area contributed by atoms with Gasteiger partial charge in [0, 0.05) is 17.3 Å². The Hall–Kier alpha value is -2.63. The summed E-state index contributed by atoms with van der Waals surface area (Å²) in [5.74, 6) is -2.17. The lowest BCUT2D eigenvalue weighted by molar-refractivity contribution is 0.0599. The smallest absolute Gasteiger partial charge is 0.340 e. The number of nitrogens with two attached hydrogens (primary N) is 1. The summed E-state index contributed by atoms with van der Waals surface area (Å²) in [6, 6.07) is 7.65. The molecular weight excluding hydrogens is 280 g/mol. The number of carbonyl (C=O) groups excluding carboxylic acids is 1. The zero-order valence-corrected chi connectivity index (χ0v) is 11.2. The molecule has 21 heavy (non-hydrogen) atoms. The molecule has 0 fully saturated rings. The highest BCUT2D eigenvalue weighted by Gasteiger charge is 2.16. The maximum absolute atomic E-state index is 13.5. The Morgan fingerprint density at radius 1 is 1.24 bits per heavy atom. The number of ether oxygens (including phenoxy) is 2. The molecule has 2 N–H and O–H groups in total. The van der Waals surface area contributed by atoms with Gasteiger partial charge in [-0.3, -0.25) is 0 Å². The fourth-order valence-electron chi connectivity index (χ4n) is 1.83. The minimum absolute atomic E-state index is 0.143. The van der Waals surface area contributed by atoms with Crippen molar-refractivity contribution in [1.29, 1.82) is 0 Å². The van der Waals surface area contributed by atoms with E-state index >= 15 is 0 Å². The van der Waals surface area contributed by atoms with Crippen LogP contribution in [0.15, 0.2) is 36.4 Å². The van der Waals surface area contributed by atoms with Crippen LogP contribution in [0.2, 0.25) is 0 Å². The van der Waals surface area contributed by atoms with E-state index in [0.29, 0.717) is 5.56 Å². The van der Waals surface area contributed by atoms with Gasteiger partial charge in [-0.2, -0.15) is 0 Å². The van der Waals surface area contributed by atoms with Crippen LogP contribution >= 0.6 is 0 Å². The van der Waals surface area contributed by atoms with Crippen LogP contribution < -0.4 is 10.5 Å². The molecule has 2 rings (SSSR count). The minimum atomic E-state index is -0.695. The quantitative estimate of drug-likeness (QED) is 0.695. The molecule has 0 radical (unpaired) electrons. The molecule has 2 aromatic carbocycles. The summed E-state index contributed by atoms with van der Waals surface area (Å²) in [7, 11) is 1.23. The number of rotatable bonds is 4. The molecular formula is C15H13F2NO3. The molecule has 0 unspecified atom stereocenters. The lowest BCUT2D eigenvalue weighted by Gasteiger charge is -2.12. The molecule has 0 aliphatic carbocycles. The van der Waals surface area contributed by atoms with Gasteiger partial charge >= 0.3 is 5.97 Å². The predicted octanol–water partition coefficient (Wildman–Crippen LogP) is 2.91. The zero-order chi connectivity index (χ0) is 15.4. The van der Waals surface area contributed by atoms with Crippen molar-refractivity contribution >= 4 is 11.7 Å². The van der Waals surface area contributed by atoms with Crippen LogP contribution in [0.25, 0.3) is 0 Å². The molecule has 0 saturated carbocycles. The second kappa shape index (κ2) is 6.21. The third-order valence-electron chi connectivity index (χ3n) is 2.85. The second-order valence-corrected chi connectivity index (χ2v) is 4.24. The van der Waals surface area contributed by atoms with E-state index in [4.69, 9.17) is 10.5 Å². The van der Waals surface area contributed by atoms with Crippen molar-refractivity contribution in [2.24, 2.45) is 0 Å². The number of carbonyl (C=O) groups is 1. The summed E-state index contributed by atoms with van der Waals surface area (Å²) >= 11 is 0. The van der Waals surface area contributed by atoms with Crippen LogP contribution in [0.3, 0.4) is 0 Å². The average molecular weight is 293 g/mol. The summed E-state index contributed by atoms with van der Waals surface area (Å²) in [4.78, 5) is 11.7. The van der Waals surface area contributed by atoms with E-state index in [1.54, 1.807) is 18.2 Å². The van der Waals surface area contributed by atoms with Crippen molar-refractivity contribution in [2.45, 2.75) is 6.61 Å². The molecule has 110 valence electrons. The molecule has 2 aromatic rings. The highest BCUT2D eigenvalue weighted by atomic mass is 19.1. The van der Waals surface area contributed by atoms with E-state index in [1.807, 2.05) is 0 Å². The first-order valence-corrected chi connectivity index (χ1v) is 6.06. The van der Waals surface area contributed by atoms with Gasteiger partial charge in [0.1, 0.15) is 12.4 Å². The zero-order valence-electron chi connectivity index (χ0n) is 11.2. The normalized spacial score (nSPS) is 10.2. The van der Waals surface area contributed by atoms with Gasteiger partial charge in [-0.05, 0) is 18.2 Å². The summed E-state index contributed by atoms with van der Waals surface area (Å²) < 4.78 is 36.4. The van der Waals surface area contributed by atoms with Crippen molar-refractivity contribution in [2.75, 3.05) is 12.8 Å². The van der Waals surface area contributed by atoms with E-state index < -0.39 is 17.6 Å². The lowest BCUT2D eigenvalue weighted by atomic mass is 10.1. The van der Waals surface area contributed by atoms with E-state index in [1.165, 1.54) is 7.11 Å². The van der Waals surface area contributed by atoms with Crippen molar-refractivity contribution in [3.8, 4) is 5.75 Å². The molecule has 0 atom stereocenters. The van der Waals surface area contributed by atoms with Gasteiger partial charge in [-0.25, -0.2) is 13.6 Å². The third kappa shape index (κ3) is 3.28. The predicted molar refractivity (Wildman–Crippen MR) is 72.9 cm³/mol. The first-order valence-electron chi connectivity index (χ1n) is 6.06. The first kappa shape index (κ1) is 14.8. The van der Waals surface area contributed by atoms with Gasteiger partial charge in [-0.1, -0.05) is 12.1 Å². The van der Waals surface area contributed by atoms with E-state index in [0.717, 1.165) is 18.2 Å². The Morgan fingerprint density at radius 3 is 2.71 bits per heavy atom. The van der Waals surface area contributed by atoms with Crippen LogP contribution in [-0.4, -0.2) is 13.1 Å². The Morgan fingerprint density at radius 2 is 2.00 bits per heavy atom. The van der Waals surface area contributed by atoms with Gasteiger partial charge in [-0.15, -0.1) is 0 Å². The standard InChI is InChI=1S/C15H13F2NO3/c1-20-15(19)14-9(3-2-4-12(14)18)8-21-13-7-10(16)5-6-11(13)17/h2-7H,8,18H2,1H3. The van der Waals surface area contributed by atoms with Gasteiger partial charge in [0.05, 0.1) is 12.7 Å². The highest BCUT2D eigenvalue weighted by Crippen LogP contribution is 2.23. The molecule has 0 amide bonds. The number of nitrogen functional groups attached to an aromatic ring is 1. The van der Waals surface area contributed by atoms with E-state index in [9.17, 15) is 13.6 Å². The number of esters is 1. The molecule has 6 heteroatoms. The highest BCUT2D eigenvalue weighted by molar-refractivity contribution is 5.96. The minimum Gasteiger partial charge on any atom is -0.486 e. The van der Waals surface area contributed by atoms with Gasteiger partial charge in [0.25, 0.3) is 0 Å². The van der Waals surface area contributed by atoms with Crippen LogP contribution in [0.5, 0.6) is 5.75 Å². The fraction of sp³-hybridized carbons (Fsp3) is 0.133. The summed E-state index contributed by atoms with van der Waals surface area (Å²) in [5, 5.41) is 0. The summed E-state index contributed by atoms with van der Waals surface area (Å²) in [6.07, 6.45) is 0.